The predicted molar refractivity (Wildman–Crippen MR) is 120 cm³/mol. The number of likely N-dealkylation sites (N-methyl/N-ethyl adjacent to an activating group) is 1. The molecule has 6 heteroatoms. The number of thiocarbonyl (C=S) groups is 1. The molecule has 0 saturated carbocycles. The van der Waals surface area contributed by atoms with Crippen LogP contribution in [0.25, 0.3) is 17.0 Å². The van der Waals surface area contributed by atoms with E-state index >= 15 is 0 Å². The molecule has 3 aromatic rings. The van der Waals surface area contributed by atoms with E-state index in [4.69, 9.17) is 17.0 Å². The molecule has 0 spiro atoms. The summed E-state index contributed by atoms with van der Waals surface area (Å²) in [7, 11) is 0. The first kappa shape index (κ1) is 19.2. The zero-order chi connectivity index (χ0) is 20.2. The fourth-order valence-electron chi connectivity index (χ4n) is 3.53. The highest BCUT2D eigenvalue weighted by Crippen LogP contribution is 2.25. The minimum absolute atomic E-state index is 0.0782. The molecule has 0 radical (unpaired) electrons. The van der Waals surface area contributed by atoms with Crippen molar-refractivity contribution >= 4 is 40.2 Å². The van der Waals surface area contributed by atoms with Crippen LogP contribution in [0.3, 0.4) is 0 Å². The monoisotopic (exact) mass is 405 g/mol. The second-order valence-electron chi connectivity index (χ2n) is 6.85. The highest BCUT2D eigenvalue weighted by molar-refractivity contribution is 7.80. The second kappa shape index (κ2) is 8.49. The van der Waals surface area contributed by atoms with Gasteiger partial charge in [0.2, 0.25) is 0 Å². The summed E-state index contributed by atoms with van der Waals surface area (Å²) < 4.78 is 8.02. The number of carbonyl (C=O) groups is 1. The molecule has 1 fully saturated rings. The van der Waals surface area contributed by atoms with E-state index < -0.39 is 0 Å². The lowest BCUT2D eigenvalue weighted by atomic mass is 10.1. The predicted octanol–water partition coefficient (Wildman–Crippen LogP) is 4.19. The van der Waals surface area contributed by atoms with Gasteiger partial charge in [-0.05, 0) is 49.8 Å². The van der Waals surface area contributed by atoms with Crippen molar-refractivity contribution in [3.63, 3.8) is 0 Å². The second-order valence-corrected chi connectivity index (χ2v) is 7.23. The fourth-order valence-corrected chi connectivity index (χ4v) is 3.85. The number of nitrogens with zero attached hydrogens (tertiary/aromatic N) is 2. The Bertz CT molecular complexity index is 1070. The van der Waals surface area contributed by atoms with E-state index in [0.29, 0.717) is 24.0 Å². The standard InChI is InChI=1S/C23H23N3O2S/c1-2-26-22(27)20(24-23(26)29)15-17-16-25(21-12-7-6-11-19(17)21)13-8-14-28-18-9-4-3-5-10-18/h3-7,9-12,15-16H,2,8,13-14H2,1H3,(H,24,29). The number of hydrogen-bond donors (Lipinski definition) is 1. The lowest BCUT2D eigenvalue weighted by Crippen LogP contribution is -2.30. The topological polar surface area (TPSA) is 46.5 Å². The Kier molecular flexibility index (Phi) is 5.62. The molecule has 1 aliphatic heterocycles. The lowest BCUT2D eigenvalue weighted by molar-refractivity contribution is -0.122. The Labute approximate surface area is 175 Å². The van der Waals surface area contributed by atoms with Crippen LogP contribution in [0.5, 0.6) is 5.75 Å². The summed E-state index contributed by atoms with van der Waals surface area (Å²) in [4.78, 5) is 14.1. The molecule has 0 unspecified atom stereocenters. The van der Waals surface area contributed by atoms with Crippen LogP contribution in [0, 0.1) is 0 Å². The van der Waals surface area contributed by atoms with Gasteiger partial charge in [-0.2, -0.15) is 0 Å². The zero-order valence-corrected chi connectivity index (χ0v) is 17.1. The van der Waals surface area contributed by atoms with Crippen LogP contribution in [-0.2, 0) is 11.3 Å². The first-order valence-electron chi connectivity index (χ1n) is 9.77. The van der Waals surface area contributed by atoms with Crippen LogP contribution in [0.15, 0.2) is 66.5 Å². The third-order valence-electron chi connectivity index (χ3n) is 4.95. The van der Waals surface area contributed by atoms with E-state index in [9.17, 15) is 4.79 Å². The van der Waals surface area contributed by atoms with Crippen molar-refractivity contribution in [2.45, 2.75) is 19.9 Å². The maximum Gasteiger partial charge on any atom is 0.276 e. The van der Waals surface area contributed by atoms with E-state index in [-0.39, 0.29) is 5.91 Å². The molecule has 0 atom stereocenters. The molecule has 29 heavy (non-hydrogen) atoms. The summed E-state index contributed by atoms with van der Waals surface area (Å²) in [5.74, 6) is 0.808. The molecule has 0 aliphatic carbocycles. The Balaban J connectivity index is 1.52. The van der Waals surface area contributed by atoms with E-state index in [0.717, 1.165) is 35.2 Å². The minimum Gasteiger partial charge on any atom is -0.494 e. The number of para-hydroxylation sites is 2. The van der Waals surface area contributed by atoms with Crippen LogP contribution >= 0.6 is 12.2 Å². The molecule has 1 amide bonds. The number of aryl methyl sites for hydroxylation is 1. The average Bonchev–Trinajstić information content (AvgIpc) is 3.23. The number of amides is 1. The summed E-state index contributed by atoms with van der Waals surface area (Å²) in [6.45, 7) is 3.95. The Morgan fingerprint density at radius 1 is 1.10 bits per heavy atom. The number of aromatic nitrogens is 1. The van der Waals surface area contributed by atoms with Gasteiger partial charge in [-0.15, -0.1) is 0 Å². The first-order valence-corrected chi connectivity index (χ1v) is 10.2. The molecular weight excluding hydrogens is 382 g/mol. The molecular formula is C23H23N3O2S. The number of ether oxygens (including phenoxy) is 1. The molecule has 1 aliphatic rings. The van der Waals surface area contributed by atoms with E-state index in [2.05, 4.69) is 28.2 Å². The molecule has 148 valence electrons. The fraction of sp³-hybridized carbons (Fsp3) is 0.217. The highest BCUT2D eigenvalue weighted by atomic mass is 32.1. The summed E-state index contributed by atoms with van der Waals surface area (Å²) in [6.07, 6.45) is 4.87. The molecule has 1 aromatic heterocycles. The number of hydrogen-bond acceptors (Lipinski definition) is 3. The van der Waals surface area contributed by atoms with Crippen molar-refractivity contribution in [2.24, 2.45) is 0 Å². The van der Waals surface area contributed by atoms with Gasteiger partial charge in [-0.25, -0.2) is 0 Å². The number of rotatable bonds is 7. The number of nitrogens with one attached hydrogen (secondary N) is 1. The van der Waals surface area contributed by atoms with Crippen LogP contribution in [-0.4, -0.2) is 33.6 Å². The lowest BCUT2D eigenvalue weighted by Gasteiger charge is -2.08. The van der Waals surface area contributed by atoms with Gasteiger partial charge in [0, 0.05) is 35.8 Å². The SMILES string of the molecule is CCN1C(=O)C(=Cc2cn(CCCOc3ccccc3)c3ccccc23)NC1=S. The quantitative estimate of drug-likeness (QED) is 0.364. The van der Waals surface area contributed by atoms with Gasteiger partial charge in [-0.3, -0.25) is 9.69 Å². The zero-order valence-electron chi connectivity index (χ0n) is 16.3. The van der Waals surface area contributed by atoms with Crippen LogP contribution < -0.4 is 10.1 Å². The number of fused-ring (bicyclic) bond motifs is 1. The van der Waals surface area contributed by atoms with Crippen molar-refractivity contribution in [3.8, 4) is 5.75 Å². The van der Waals surface area contributed by atoms with Crippen molar-refractivity contribution in [1.82, 2.24) is 14.8 Å². The molecule has 2 aromatic carbocycles. The van der Waals surface area contributed by atoms with E-state index in [1.807, 2.05) is 55.5 Å². The normalized spacial score (nSPS) is 15.3. The van der Waals surface area contributed by atoms with Gasteiger partial charge < -0.3 is 14.6 Å². The molecule has 1 saturated heterocycles. The van der Waals surface area contributed by atoms with Crippen LogP contribution in [0.1, 0.15) is 18.9 Å². The molecule has 2 heterocycles. The van der Waals surface area contributed by atoms with Crippen LogP contribution in [0.4, 0.5) is 0 Å². The Morgan fingerprint density at radius 3 is 2.62 bits per heavy atom. The van der Waals surface area contributed by atoms with Gasteiger partial charge >= 0.3 is 0 Å². The highest BCUT2D eigenvalue weighted by Gasteiger charge is 2.29. The third kappa shape index (κ3) is 4.03. The van der Waals surface area contributed by atoms with Crippen molar-refractivity contribution in [2.75, 3.05) is 13.2 Å². The van der Waals surface area contributed by atoms with Crippen molar-refractivity contribution < 1.29 is 9.53 Å². The first-order chi connectivity index (χ1) is 14.2. The van der Waals surface area contributed by atoms with Gasteiger partial charge in [0.05, 0.1) is 6.61 Å². The minimum atomic E-state index is -0.0782. The van der Waals surface area contributed by atoms with Gasteiger partial charge in [0.25, 0.3) is 5.91 Å². The number of benzene rings is 2. The summed E-state index contributed by atoms with van der Waals surface area (Å²) >= 11 is 5.26. The van der Waals surface area contributed by atoms with Crippen LogP contribution in [0.2, 0.25) is 0 Å². The molecule has 0 bridgehead atoms. The van der Waals surface area contributed by atoms with E-state index in [1.54, 1.807) is 4.90 Å². The summed E-state index contributed by atoms with van der Waals surface area (Å²) in [6, 6.07) is 18.1. The maximum absolute atomic E-state index is 12.5. The molecule has 5 nitrogen and oxygen atoms in total. The summed E-state index contributed by atoms with van der Waals surface area (Å²) in [5.41, 5.74) is 2.66. The van der Waals surface area contributed by atoms with Gasteiger partial charge in [-0.1, -0.05) is 36.4 Å². The Hall–Kier alpha value is -3.12. The van der Waals surface area contributed by atoms with Gasteiger partial charge in [0.15, 0.2) is 5.11 Å². The smallest absolute Gasteiger partial charge is 0.276 e. The van der Waals surface area contributed by atoms with Crippen molar-refractivity contribution in [3.05, 3.63) is 72.1 Å². The number of carbonyl (C=O) groups excluding carboxylic acids is 1. The average molecular weight is 406 g/mol. The third-order valence-corrected chi connectivity index (χ3v) is 5.28. The summed E-state index contributed by atoms with van der Waals surface area (Å²) in [5, 5.41) is 4.61. The Morgan fingerprint density at radius 2 is 1.86 bits per heavy atom. The molecule has 4 rings (SSSR count). The maximum atomic E-state index is 12.5. The van der Waals surface area contributed by atoms with Crippen molar-refractivity contribution in [1.29, 1.82) is 0 Å². The van der Waals surface area contributed by atoms with Gasteiger partial charge in [0.1, 0.15) is 11.4 Å². The van der Waals surface area contributed by atoms with E-state index in [1.165, 1.54) is 0 Å². The molecule has 1 N–H and O–H groups in total. The largest absolute Gasteiger partial charge is 0.494 e.